The molecule has 8 heteroatoms. The zero-order chi connectivity index (χ0) is 25.8. The predicted molar refractivity (Wildman–Crippen MR) is 140 cm³/mol. The van der Waals surface area contributed by atoms with Gasteiger partial charge >= 0.3 is 6.09 Å². The molecule has 0 saturated heterocycles. The molecule has 7 nitrogen and oxygen atoms in total. The van der Waals surface area contributed by atoms with E-state index in [4.69, 9.17) is 14.1 Å². The van der Waals surface area contributed by atoms with E-state index in [2.05, 4.69) is 33.0 Å². The number of thiazole rings is 1. The van der Waals surface area contributed by atoms with Crippen molar-refractivity contribution in [3.63, 3.8) is 0 Å². The minimum Gasteiger partial charge on any atom is -0.464 e. The maximum absolute atomic E-state index is 13.9. The molecule has 0 fully saturated rings. The molecule has 35 heavy (non-hydrogen) atoms. The van der Waals surface area contributed by atoms with Crippen molar-refractivity contribution in [3.8, 4) is 0 Å². The molecular formula is C27H37N3O4S. The van der Waals surface area contributed by atoms with Crippen molar-refractivity contribution >= 4 is 34.3 Å². The predicted octanol–water partition coefficient (Wildman–Crippen LogP) is 6.13. The van der Waals surface area contributed by atoms with Crippen LogP contribution in [0.3, 0.4) is 0 Å². The summed E-state index contributed by atoms with van der Waals surface area (Å²) in [5, 5.41) is 6.85. The summed E-state index contributed by atoms with van der Waals surface area (Å²) in [5.74, 6) is 0.435. The van der Waals surface area contributed by atoms with Crippen LogP contribution >= 0.6 is 11.3 Å². The average molecular weight is 500 g/mol. The number of furan rings is 1. The molecule has 3 aromatic rings. The van der Waals surface area contributed by atoms with Gasteiger partial charge in [-0.25, -0.2) is 9.78 Å². The normalized spacial score (nSPS) is 12.8. The van der Waals surface area contributed by atoms with Crippen LogP contribution in [0, 0.1) is 5.92 Å². The number of carbonyl (C=O) groups excluding carboxylic acids is 2. The van der Waals surface area contributed by atoms with Crippen LogP contribution < -0.4 is 5.32 Å². The van der Waals surface area contributed by atoms with Gasteiger partial charge in [-0.1, -0.05) is 33.8 Å². The highest BCUT2D eigenvalue weighted by Crippen LogP contribution is 2.22. The van der Waals surface area contributed by atoms with Crippen LogP contribution in [0.4, 0.5) is 4.79 Å². The Labute approximate surface area is 211 Å². The van der Waals surface area contributed by atoms with E-state index in [1.807, 2.05) is 29.6 Å². The van der Waals surface area contributed by atoms with Gasteiger partial charge in [0.1, 0.15) is 17.2 Å². The Morgan fingerprint density at radius 2 is 1.91 bits per heavy atom. The lowest BCUT2D eigenvalue weighted by Gasteiger charge is -2.30. The smallest absolute Gasteiger partial charge is 0.408 e. The van der Waals surface area contributed by atoms with E-state index in [0.29, 0.717) is 25.4 Å². The zero-order valence-corrected chi connectivity index (χ0v) is 22.6. The van der Waals surface area contributed by atoms with Gasteiger partial charge in [0.05, 0.1) is 23.5 Å². The molecule has 1 unspecified atom stereocenters. The van der Waals surface area contributed by atoms with Crippen LogP contribution in [-0.4, -0.2) is 40.1 Å². The summed E-state index contributed by atoms with van der Waals surface area (Å²) < 4.78 is 10.9. The Bertz CT molecular complexity index is 1140. The number of hydrogen-bond donors (Lipinski definition) is 1. The number of aromatic nitrogens is 1. The standard InChI is InChI=1S/C27H37N3O4S/c1-17(2)14-30(15-21-16-35-24(28-21)18(3)4)25(31)22(29-26(32)34-27(5,6)7)13-19-8-9-23-20(12-19)10-11-33-23/h8-12,16-18,22H,13-15H2,1-7H3,(H,29,32). The van der Waals surface area contributed by atoms with E-state index in [1.165, 1.54) is 0 Å². The SMILES string of the molecule is CC(C)CN(Cc1csc(C(C)C)n1)C(=O)C(Cc1ccc2occc2c1)NC(=O)OC(C)(C)C. The van der Waals surface area contributed by atoms with Gasteiger partial charge in [0.15, 0.2) is 0 Å². The molecule has 2 heterocycles. The summed E-state index contributed by atoms with van der Waals surface area (Å²) >= 11 is 1.61. The molecule has 1 aromatic carbocycles. The van der Waals surface area contributed by atoms with Crippen LogP contribution in [0.25, 0.3) is 11.0 Å². The summed E-state index contributed by atoms with van der Waals surface area (Å²) in [6.07, 6.45) is 1.36. The number of ether oxygens (including phenoxy) is 1. The molecule has 3 rings (SSSR count). The second kappa shape index (κ2) is 11.2. The lowest BCUT2D eigenvalue weighted by atomic mass is 10.0. The molecule has 1 N–H and O–H groups in total. The number of rotatable bonds is 9. The van der Waals surface area contributed by atoms with Gasteiger partial charge in [-0.05, 0) is 50.5 Å². The van der Waals surface area contributed by atoms with E-state index < -0.39 is 17.7 Å². The number of nitrogens with zero attached hydrogens (tertiary/aromatic N) is 2. The molecule has 0 aliphatic heterocycles. The summed E-state index contributed by atoms with van der Waals surface area (Å²) in [7, 11) is 0. The van der Waals surface area contributed by atoms with Crippen molar-refractivity contribution < 1.29 is 18.7 Å². The summed E-state index contributed by atoms with van der Waals surface area (Å²) in [6, 6.07) is 6.89. The average Bonchev–Trinajstić information content (AvgIpc) is 3.39. The van der Waals surface area contributed by atoms with Crippen LogP contribution in [0.5, 0.6) is 0 Å². The van der Waals surface area contributed by atoms with Crippen molar-refractivity contribution in [2.24, 2.45) is 5.92 Å². The second-order valence-electron chi connectivity index (χ2n) is 10.6. The molecule has 0 aliphatic carbocycles. The lowest BCUT2D eigenvalue weighted by Crippen LogP contribution is -2.51. The third-order valence-corrected chi connectivity index (χ3v) is 6.45. The molecule has 2 aromatic heterocycles. The van der Waals surface area contributed by atoms with Gasteiger partial charge in [0.25, 0.3) is 0 Å². The highest BCUT2D eigenvalue weighted by atomic mass is 32.1. The first kappa shape index (κ1) is 26.7. The van der Waals surface area contributed by atoms with Crippen molar-refractivity contribution in [2.45, 2.75) is 79.0 Å². The fourth-order valence-electron chi connectivity index (χ4n) is 3.78. The highest BCUT2D eigenvalue weighted by molar-refractivity contribution is 7.09. The number of carbonyl (C=O) groups is 2. The van der Waals surface area contributed by atoms with E-state index in [1.54, 1.807) is 43.3 Å². The summed E-state index contributed by atoms with van der Waals surface area (Å²) in [6.45, 7) is 14.7. The largest absolute Gasteiger partial charge is 0.464 e. The number of fused-ring (bicyclic) bond motifs is 1. The Morgan fingerprint density at radius 3 is 2.54 bits per heavy atom. The molecule has 0 spiro atoms. The maximum atomic E-state index is 13.9. The van der Waals surface area contributed by atoms with Gasteiger partial charge < -0.3 is 19.4 Å². The molecule has 2 amide bonds. The van der Waals surface area contributed by atoms with E-state index in [-0.39, 0.29) is 11.8 Å². The van der Waals surface area contributed by atoms with Crippen molar-refractivity contribution in [2.75, 3.05) is 6.54 Å². The van der Waals surface area contributed by atoms with E-state index in [0.717, 1.165) is 27.2 Å². The molecule has 0 saturated carbocycles. The van der Waals surface area contributed by atoms with Crippen LogP contribution in [0.15, 0.2) is 40.3 Å². The van der Waals surface area contributed by atoms with Gasteiger partial charge in [-0.2, -0.15) is 0 Å². The molecule has 0 radical (unpaired) electrons. The van der Waals surface area contributed by atoms with Crippen molar-refractivity contribution in [1.82, 2.24) is 15.2 Å². The van der Waals surface area contributed by atoms with Crippen LogP contribution in [0.2, 0.25) is 0 Å². The first-order valence-electron chi connectivity index (χ1n) is 12.1. The van der Waals surface area contributed by atoms with Gasteiger partial charge in [0, 0.05) is 29.6 Å². The highest BCUT2D eigenvalue weighted by Gasteiger charge is 2.29. The third-order valence-electron chi connectivity index (χ3n) is 5.26. The Balaban J connectivity index is 1.87. The van der Waals surface area contributed by atoms with Gasteiger partial charge in [-0.15, -0.1) is 11.3 Å². The second-order valence-corrected chi connectivity index (χ2v) is 11.5. The summed E-state index contributed by atoms with van der Waals surface area (Å²) in [4.78, 5) is 33.1. The third kappa shape index (κ3) is 7.82. The van der Waals surface area contributed by atoms with Gasteiger partial charge in [0.2, 0.25) is 5.91 Å². The zero-order valence-electron chi connectivity index (χ0n) is 21.8. The molecule has 190 valence electrons. The summed E-state index contributed by atoms with van der Waals surface area (Å²) in [5.41, 5.74) is 1.90. The minimum atomic E-state index is -0.781. The first-order chi connectivity index (χ1) is 16.4. The topological polar surface area (TPSA) is 84.7 Å². The molecule has 0 aliphatic rings. The van der Waals surface area contributed by atoms with Crippen molar-refractivity contribution in [1.29, 1.82) is 0 Å². The van der Waals surface area contributed by atoms with E-state index >= 15 is 0 Å². The molecular weight excluding hydrogens is 462 g/mol. The number of amides is 2. The lowest BCUT2D eigenvalue weighted by molar-refractivity contribution is -0.134. The fourth-order valence-corrected chi connectivity index (χ4v) is 4.60. The Morgan fingerprint density at radius 1 is 1.17 bits per heavy atom. The van der Waals surface area contributed by atoms with Crippen molar-refractivity contribution in [3.05, 3.63) is 52.2 Å². The molecule has 1 atom stereocenters. The Hall–Kier alpha value is -2.87. The van der Waals surface area contributed by atoms with E-state index in [9.17, 15) is 9.59 Å². The number of alkyl carbamates (subject to hydrolysis) is 1. The van der Waals surface area contributed by atoms with Crippen LogP contribution in [-0.2, 0) is 22.5 Å². The first-order valence-corrected chi connectivity index (χ1v) is 13.0. The number of nitrogens with one attached hydrogen (secondary N) is 1. The number of hydrogen-bond acceptors (Lipinski definition) is 6. The monoisotopic (exact) mass is 499 g/mol. The molecule has 0 bridgehead atoms. The quantitative estimate of drug-likeness (QED) is 0.383. The van der Waals surface area contributed by atoms with Gasteiger partial charge in [-0.3, -0.25) is 4.79 Å². The number of benzene rings is 1. The Kier molecular flexibility index (Phi) is 8.59. The minimum absolute atomic E-state index is 0.157. The maximum Gasteiger partial charge on any atom is 0.408 e. The fraction of sp³-hybridized carbons (Fsp3) is 0.519. The van der Waals surface area contributed by atoms with Crippen LogP contribution in [0.1, 0.15) is 70.6 Å².